The van der Waals surface area contributed by atoms with Crippen LogP contribution in [0.5, 0.6) is 0 Å². The number of halogens is 5. The van der Waals surface area contributed by atoms with E-state index in [9.17, 15) is 22.0 Å². The molecule has 0 aliphatic heterocycles. The van der Waals surface area contributed by atoms with E-state index < -0.39 is 26.0 Å². The van der Waals surface area contributed by atoms with Gasteiger partial charge in [0, 0.05) is 0 Å². The first-order valence-electron chi connectivity index (χ1n) is 5.91. The van der Waals surface area contributed by atoms with E-state index in [-0.39, 0.29) is 0 Å². The van der Waals surface area contributed by atoms with Crippen LogP contribution in [0.3, 0.4) is 0 Å². The van der Waals surface area contributed by atoms with E-state index in [0.717, 1.165) is 32.1 Å². The first-order valence-corrected chi connectivity index (χ1v) is 7.63. The average molecular weight is 335 g/mol. The van der Waals surface area contributed by atoms with Gasteiger partial charge < -0.3 is 0 Å². The molecule has 0 aromatic rings. The van der Waals surface area contributed by atoms with E-state index in [1.165, 1.54) is 6.42 Å². The number of hydrogen-bond acceptors (Lipinski definition) is 0. The molecule has 0 heterocycles. The molecule has 106 valence electrons. The van der Waals surface area contributed by atoms with Gasteiger partial charge in [0.15, 0.2) is 0 Å². The Morgan fingerprint density at radius 3 is 2.00 bits per heavy atom. The molecule has 0 amide bonds. The number of rotatable bonds is 7. The van der Waals surface area contributed by atoms with Crippen LogP contribution in [0.1, 0.15) is 51.9 Å². The fraction of sp³-hybridized carbons (Fsp3) is 0.833. The van der Waals surface area contributed by atoms with E-state index in [2.05, 4.69) is 12.8 Å². The van der Waals surface area contributed by atoms with Crippen LogP contribution in [0.2, 0.25) is 0 Å². The van der Waals surface area contributed by atoms with Gasteiger partial charge in [0.05, 0.1) is 0 Å². The Hall–Kier alpha value is -0.271. The minimum absolute atomic E-state index is 0.405. The van der Waals surface area contributed by atoms with Crippen molar-refractivity contribution in [2.45, 2.75) is 62.9 Å². The third-order valence-electron chi connectivity index (χ3n) is 2.24. The normalized spacial score (nSPS) is 12.1. The van der Waals surface area contributed by atoms with E-state index in [1.54, 1.807) is 0 Å². The number of hydrogen-bond donors (Lipinski definition) is 0. The molecule has 18 heavy (non-hydrogen) atoms. The third kappa shape index (κ3) is 7.94. The maximum absolute atomic E-state index is 12.4. The van der Waals surface area contributed by atoms with Gasteiger partial charge in [-0.05, 0) is 0 Å². The molecule has 0 radical (unpaired) electrons. The van der Waals surface area contributed by atoms with Crippen molar-refractivity contribution in [3.63, 3.8) is 0 Å². The number of unbranched alkanes of at least 4 members (excludes halogenated alkanes) is 6. The van der Waals surface area contributed by atoms with Gasteiger partial charge in [-0.1, -0.05) is 0 Å². The Labute approximate surface area is 111 Å². The summed E-state index contributed by atoms with van der Waals surface area (Å²) in [6.07, 6.45) is 1.19. The van der Waals surface area contributed by atoms with Gasteiger partial charge in [0.1, 0.15) is 0 Å². The summed E-state index contributed by atoms with van der Waals surface area (Å²) < 4.78 is 60.2. The molecule has 6 heteroatoms. The van der Waals surface area contributed by atoms with Crippen molar-refractivity contribution in [2.24, 2.45) is 0 Å². The van der Waals surface area contributed by atoms with Gasteiger partial charge >= 0.3 is 111 Å². The molecule has 0 bridgehead atoms. The topological polar surface area (TPSA) is 0 Å². The van der Waals surface area contributed by atoms with Crippen molar-refractivity contribution in [1.82, 2.24) is 0 Å². The van der Waals surface area contributed by atoms with E-state index >= 15 is 0 Å². The molecule has 0 aliphatic carbocycles. The van der Waals surface area contributed by atoms with Gasteiger partial charge in [-0.15, -0.1) is 0 Å². The molecule has 0 saturated carbocycles. The van der Waals surface area contributed by atoms with Gasteiger partial charge in [-0.2, -0.15) is 0 Å². The summed E-state index contributed by atoms with van der Waals surface area (Å²) in [7, 11) is 0. The van der Waals surface area contributed by atoms with Crippen LogP contribution in [-0.4, -0.2) is 26.0 Å². The predicted octanol–water partition coefficient (Wildman–Crippen LogP) is 4.56. The zero-order valence-corrected chi connectivity index (χ0v) is 12.0. The van der Waals surface area contributed by atoms with Crippen molar-refractivity contribution in [2.75, 3.05) is 0 Å². The molecule has 0 atom stereocenters. The number of alkyl halides is 5. The average Bonchev–Trinajstić information content (AvgIpc) is 2.25. The van der Waals surface area contributed by atoms with Gasteiger partial charge in [0.25, 0.3) is 0 Å². The Balaban J connectivity index is 3.68. The Kier molecular flexibility index (Phi) is 8.63. The van der Waals surface area contributed by atoms with Crippen molar-refractivity contribution >= 4 is 15.0 Å². The fourth-order valence-electron chi connectivity index (χ4n) is 1.20. The Morgan fingerprint density at radius 2 is 1.44 bits per heavy atom. The summed E-state index contributed by atoms with van der Waals surface area (Å²) in [6, 6.07) is 0. The molecule has 0 aliphatic rings. The molecule has 0 aromatic carbocycles. The van der Waals surface area contributed by atoms with Crippen LogP contribution in [0.15, 0.2) is 0 Å². The van der Waals surface area contributed by atoms with E-state index in [4.69, 9.17) is 0 Å². The molecule has 0 nitrogen and oxygen atoms in total. The van der Waals surface area contributed by atoms with Crippen LogP contribution in [0.25, 0.3) is 0 Å². The molecular weight excluding hydrogens is 318 g/mol. The molecular formula is C12H17F5Se. The first kappa shape index (κ1) is 17.7. The molecule has 0 N–H and O–H groups in total. The Morgan fingerprint density at radius 1 is 0.889 bits per heavy atom. The summed E-state index contributed by atoms with van der Waals surface area (Å²) >= 11 is -2.02. The predicted molar refractivity (Wildman–Crippen MR) is 62.5 cm³/mol. The first-order chi connectivity index (χ1) is 8.31. The fourth-order valence-corrected chi connectivity index (χ4v) is 2.08. The summed E-state index contributed by atoms with van der Waals surface area (Å²) in [4.78, 5) is -2.65. The van der Waals surface area contributed by atoms with Gasteiger partial charge in [-0.3, -0.25) is 0 Å². The molecule has 0 aromatic heterocycles. The zero-order chi connectivity index (χ0) is 14.1. The molecule has 0 spiro atoms. The second kappa shape index (κ2) is 8.77. The zero-order valence-electron chi connectivity index (χ0n) is 10.2. The second-order valence-corrected chi connectivity index (χ2v) is 5.85. The molecule has 0 fully saturated rings. The maximum atomic E-state index is 12.4. The van der Waals surface area contributed by atoms with Crippen LogP contribution < -0.4 is 0 Å². The molecule has 0 unspecified atom stereocenters. The van der Waals surface area contributed by atoms with Crippen LogP contribution in [0.4, 0.5) is 22.0 Å². The van der Waals surface area contributed by atoms with Crippen LogP contribution in [-0.2, 0) is 0 Å². The summed E-state index contributed by atoms with van der Waals surface area (Å²) in [6.45, 7) is 2.11. The molecule has 0 rings (SSSR count). The van der Waals surface area contributed by atoms with Crippen LogP contribution in [0, 0.1) is 10.7 Å². The Bertz CT molecular complexity index is 274. The minimum atomic E-state index is -5.47. The molecule has 0 saturated heterocycles. The van der Waals surface area contributed by atoms with Gasteiger partial charge in [-0.25, -0.2) is 0 Å². The monoisotopic (exact) mass is 336 g/mol. The van der Waals surface area contributed by atoms with E-state index in [1.807, 2.05) is 4.82 Å². The van der Waals surface area contributed by atoms with Crippen molar-refractivity contribution < 1.29 is 22.0 Å². The van der Waals surface area contributed by atoms with Gasteiger partial charge in [0.2, 0.25) is 0 Å². The quantitative estimate of drug-likeness (QED) is 0.277. The summed E-state index contributed by atoms with van der Waals surface area (Å²) in [5, 5.41) is 0. The SMILES string of the molecule is CCCCCCCCC#C[Se]C(F)(F)C(F)(F)F. The van der Waals surface area contributed by atoms with Crippen LogP contribution >= 0.6 is 0 Å². The van der Waals surface area contributed by atoms with E-state index in [0.29, 0.717) is 6.42 Å². The van der Waals surface area contributed by atoms with Crippen molar-refractivity contribution in [3.8, 4) is 10.7 Å². The van der Waals surface area contributed by atoms with Crippen molar-refractivity contribution in [3.05, 3.63) is 0 Å². The second-order valence-electron chi connectivity index (χ2n) is 3.91. The summed E-state index contributed by atoms with van der Waals surface area (Å²) in [5.74, 6) is 2.40. The standard InChI is InChI=1S/C12H17F5Se/c1-2-3-4-5-6-7-8-9-10-18-12(16,17)11(13,14)15/h2-8H2,1H3. The third-order valence-corrected chi connectivity index (χ3v) is 3.78. The summed E-state index contributed by atoms with van der Waals surface area (Å²) in [5.41, 5.74) is 0. The van der Waals surface area contributed by atoms with Crippen molar-refractivity contribution in [1.29, 1.82) is 0 Å².